The molecule has 0 saturated heterocycles. The lowest BCUT2D eigenvalue weighted by molar-refractivity contribution is 1.48. The Hall–Kier alpha value is -0.273. The van der Waals surface area contributed by atoms with E-state index in [2.05, 4.69) is 38.7 Å². The molecule has 0 unspecified atom stereocenters. The van der Waals surface area contributed by atoms with Gasteiger partial charge in [0.1, 0.15) is 0 Å². The third-order valence-electron chi connectivity index (χ3n) is 1.91. The maximum absolute atomic E-state index is 5.98. The Kier molecular flexibility index (Phi) is 2.64. The first-order chi connectivity index (χ1) is 5.39. The predicted octanol–water partition coefficient (Wildman–Crippen LogP) is 3.19. The predicted molar refractivity (Wildman–Crippen MR) is 59.2 cm³/mol. The van der Waals surface area contributed by atoms with Crippen LogP contribution < -0.4 is 5.19 Å². The second-order valence-electron chi connectivity index (χ2n) is 4.27. The summed E-state index contributed by atoms with van der Waals surface area (Å²) in [6, 6.07) is 6.35. The normalized spacial score (nSPS) is 11.8. The molecule has 0 aromatic heterocycles. The maximum Gasteiger partial charge on any atom is 0.0776 e. The van der Waals surface area contributed by atoms with Crippen LogP contribution in [0, 0.1) is 6.92 Å². The Morgan fingerprint density at radius 1 is 1.08 bits per heavy atom. The highest BCUT2D eigenvalue weighted by atomic mass is 35.5. The number of rotatable bonds is 1. The summed E-state index contributed by atoms with van der Waals surface area (Å²) in [7, 11) is -1.18. The summed E-state index contributed by atoms with van der Waals surface area (Å²) in [5.41, 5.74) is 1.26. The molecule has 0 saturated carbocycles. The summed E-state index contributed by atoms with van der Waals surface area (Å²) < 4.78 is 0. The fraction of sp³-hybridized carbons (Fsp3) is 0.400. The van der Waals surface area contributed by atoms with E-state index in [0.717, 1.165) is 5.02 Å². The van der Waals surface area contributed by atoms with Gasteiger partial charge in [0.2, 0.25) is 0 Å². The summed E-state index contributed by atoms with van der Waals surface area (Å²) in [4.78, 5) is 0. The van der Waals surface area contributed by atoms with Gasteiger partial charge in [0.05, 0.1) is 8.07 Å². The SMILES string of the molecule is Cc1cc(Cl)cc([Si](C)(C)C)c1. The molecule has 1 rings (SSSR count). The van der Waals surface area contributed by atoms with Crippen LogP contribution in [0.15, 0.2) is 18.2 Å². The molecule has 0 N–H and O–H groups in total. The van der Waals surface area contributed by atoms with Gasteiger partial charge in [-0.1, -0.05) is 42.5 Å². The zero-order valence-corrected chi connectivity index (χ0v) is 9.87. The molecule has 0 spiro atoms. The molecule has 0 aliphatic heterocycles. The molecule has 0 bridgehead atoms. The van der Waals surface area contributed by atoms with Crippen LogP contribution >= 0.6 is 11.6 Å². The van der Waals surface area contributed by atoms with Crippen molar-refractivity contribution in [2.24, 2.45) is 0 Å². The van der Waals surface area contributed by atoms with Gasteiger partial charge in [-0.25, -0.2) is 0 Å². The Balaban J connectivity index is 3.18. The summed E-state index contributed by atoms with van der Waals surface area (Å²) >= 11 is 5.98. The fourth-order valence-corrected chi connectivity index (χ4v) is 2.80. The van der Waals surface area contributed by atoms with E-state index in [0.29, 0.717) is 0 Å². The molecule has 0 aliphatic carbocycles. The molecule has 0 atom stereocenters. The van der Waals surface area contributed by atoms with Crippen LogP contribution in [0.5, 0.6) is 0 Å². The van der Waals surface area contributed by atoms with Crippen LogP contribution in [0.3, 0.4) is 0 Å². The highest BCUT2D eigenvalue weighted by molar-refractivity contribution is 6.88. The van der Waals surface area contributed by atoms with Gasteiger partial charge in [0.25, 0.3) is 0 Å². The lowest BCUT2D eigenvalue weighted by Crippen LogP contribution is -2.37. The Morgan fingerprint density at radius 2 is 1.67 bits per heavy atom. The smallest absolute Gasteiger partial charge is 0.0776 e. The monoisotopic (exact) mass is 198 g/mol. The minimum absolute atomic E-state index is 0.868. The minimum atomic E-state index is -1.18. The van der Waals surface area contributed by atoms with Crippen molar-refractivity contribution in [1.29, 1.82) is 0 Å². The van der Waals surface area contributed by atoms with Gasteiger partial charge >= 0.3 is 0 Å². The molecule has 1 aromatic carbocycles. The van der Waals surface area contributed by atoms with E-state index in [1.165, 1.54) is 10.8 Å². The van der Waals surface area contributed by atoms with E-state index in [1.807, 2.05) is 6.07 Å². The summed E-state index contributed by atoms with van der Waals surface area (Å²) in [6.45, 7) is 9.09. The highest BCUT2D eigenvalue weighted by Gasteiger charge is 2.16. The summed E-state index contributed by atoms with van der Waals surface area (Å²) in [5, 5.41) is 2.31. The van der Waals surface area contributed by atoms with Gasteiger partial charge in [-0.3, -0.25) is 0 Å². The van der Waals surface area contributed by atoms with Crippen molar-refractivity contribution >= 4 is 24.9 Å². The third-order valence-corrected chi connectivity index (χ3v) is 4.15. The molecule has 12 heavy (non-hydrogen) atoms. The molecule has 0 aliphatic rings. The molecule has 0 nitrogen and oxygen atoms in total. The van der Waals surface area contributed by atoms with Gasteiger partial charge in [-0.2, -0.15) is 0 Å². The molecular formula is C10H15ClSi. The van der Waals surface area contributed by atoms with Crippen LogP contribution in [0.1, 0.15) is 5.56 Å². The van der Waals surface area contributed by atoms with E-state index in [9.17, 15) is 0 Å². The molecule has 0 heterocycles. The van der Waals surface area contributed by atoms with Gasteiger partial charge < -0.3 is 0 Å². The number of halogens is 1. The van der Waals surface area contributed by atoms with Crippen LogP contribution in [-0.2, 0) is 0 Å². The fourth-order valence-electron chi connectivity index (χ4n) is 1.17. The lowest BCUT2D eigenvalue weighted by Gasteiger charge is -2.17. The Labute approximate surface area is 80.6 Å². The molecule has 1 aromatic rings. The standard InChI is InChI=1S/C10H15ClSi/c1-8-5-9(11)7-10(6-8)12(2,3)4/h5-7H,1-4H3. The second-order valence-corrected chi connectivity index (χ2v) is 9.78. The van der Waals surface area contributed by atoms with Crippen LogP contribution in [0.2, 0.25) is 24.7 Å². The number of aryl methyl sites for hydroxylation is 1. The van der Waals surface area contributed by atoms with Gasteiger partial charge in [0, 0.05) is 5.02 Å². The van der Waals surface area contributed by atoms with Crippen molar-refractivity contribution in [3.63, 3.8) is 0 Å². The van der Waals surface area contributed by atoms with Crippen molar-refractivity contribution in [2.75, 3.05) is 0 Å². The van der Waals surface area contributed by atoms with E-state index in [4.69, 9.17) is 11.6 Å². The van der Waals surface area contributed by atoms with Gasteiger partial charge in [-0.15, -0.1) is 0 Å². The zero-order valence-electron chi connectivity index (χ0n) is 8.11. The maximum atomic E-state index is 5.98. The molecule has 0 fully saturated rings. The first kappa shape index (κ1) is 9.81. The Bertz CT molecular complexity index is 266. The molecule has 0 radical (unpaired) electrons. The first-order valence-electron chi connectivity index (χ1n) is 4.17. The van der Waals surface area contributed by atoms with Crippen molar-refractivity contribution in [2.45, 2.75) is 26.6 Å². The first-order valence-corrected chi connectivity index (χ1v) is 8.05. The summed E-state index contributed by atoms with van der Waals surface area (Å²) in [5.74, 6) is 0. The molecule has 0 amide bonds. The zero-order chi connectivity index (χ0) is 9.35. The quantitative estimate of drug-likeness (QED) is 0.609. The van der Waals surface area contributed by atoms with Crippen molar-refractivity contribution in [3.05, 3.63) is 28.8 Å². The second kappa shape index (κ2) is 3.23. The summed E-state index contributed by atoms with van der Waals surface area (Å²) in [6.07, 6.45) is 0. The van der Waals surface area contributed by atoms with Crippen LogP contribution in [0.4, 0.5) is 0 Å². The number of hydrogen-bond donors (Lipinski definition) is 0. The average molecular weight is 199 g/mol. The Morgan fingerprint density at radius 3 is 2.08 bits per heavy atom. The van der Waals surface area contributed by atoms with Gasteiger partial charge in [0.15, 0.2) is 0 Å². The average Bonchev–Trinajstić information content (AvgIpc) is 1.82. The van der Waals surface area contributed by atoms with E-state index >= 15 is 0 Å². The topological polar surface area (TPSA) is 0 Å². The van der Waals surface area contributed by atoms with Crippen molar-refractivity contribution < 1.29 is 0 Å². The van der Waals surface area contributed by atoms with E-state index < -0.39 is 8.07 Å². The van der Waals surface area contributed by atoms with Crippen LogP contribution in [-0.4, -0.2) is 8.07 Å². The largest absolute Gasteiger partial charge is 0.0843 e. The van der Waals surface area contributed by atoms with E-state index in [-0.39, 0.29) is 0 Å². The molecule has 66 valence electrons. The van der Waals surface area contributed by atoms with Crippen LogP contribution in [0.25, 0.3) is 0 Å². The minimum Gasteiger partial charge on any atom is -0.0843 e. The van der Waals surface area contributed by atoms with Crippen molar-refractivity contribution in [3.8, 4) is 0 Å². The third kappa shape index (κ3) is 2.36. The molecular weight excluding hydrogens is 184 g/mol. The van der Waals surface area contributed by atoms with Crippen molar-refractivity contribution in [1.82, 2.24) is 0 Å². The highest BCUT2D eigenvalue weighted by Crippen LogP contribution is 2.12. The van der Waals surface area contributed by atoms with Gasteiger partial charge in [-0.05, 0) is 24.6 Å². The molecule has 2 heteroatoms. The number of benzene rings is 1. The lowest BCUT2D eigenvalue weighted by atomic mass is 10.2. The van der Waals surface area contributed by atoms with E-state index in [1.54, 1.807) is 0 Å². The number of hydrogen-bond acceptors (Lipinski definition) is 0.